The third-order valence-corrected chi connectivity index (χ3v) is 8.22. The first-order valence-corrected chi connectivity index (χ1v) is 17.0. The highest BCUT2D eigenvalue weighted by atomic mass is 35.5. The normalized spacial score (nSPS) is 12.2. The van der Waals surface area contributed by atoms with Crippen molar-refractivity contribution in [2.45, 2.75) is 0 Å². The number of hydrogen-bond donors (Lipinski definition) is 0. The molecule has 0 fully saturated rings. The second-order valence-electron chi connectivity index (χ2n) is 9.83. The van der Waals surface area contributed by atoms with Crippen LogP contribution >= 0.6 is 104 Å². The van der Waals surface area contributed by atoms with Crippen molar-refractivity contribution in [3.8, 4) is 0 Å². The first-order chi connectivity index (χ1) is 25.9. The average Bonchev–Trinajstić information content (AvgIpc) is 3.92. The van der Waals surface area contributed by atoms with E-state index in [9.17, 15) is 0 Å². The van der Waals surface area contributed by atoms with Crippen LogP contribution in [0.2, 0.25) is 47.6 Å². The summed E-state index contributed by atoms with van der Waals surface area (Å²) in [7, 11) is 0. The second kappa shape index (κ2) is 11.9. The largest absolute Gasteiger partial charge is 0.261 e. The topological polar surface area (TPSA) is 272 Å². The fourth-order valence-electron chi connectivity index (χ4n) is 4.96. The van der Waals surface area contributed by atoms with Gasteiger partial charge in [-0.05, 0) is 104 Å². The second-order valence-corrected chi connectivity index (χ2v) is 12.9. The third-order valence-electron chi connectivity index (χ3n) is 6.78. The van der Waals surface area contributed by atoms with Gasteiger partial charge in [-0.25, -0.2) is 0 Å². The lowest BCUT2D eigenvalue weighted by Gasteiger charge is -1.96. The molecule has 0 aliphatic carbocycles. The predicted molar refractivity (Wildman–Crippen MR) is 183 cm³/mol. The van der Waals surface area contributed by atoms with Crippen molar-refractivity contribution in [3.63, 3.8) is 0 Å². The maximum absolute atomic E-state index is 5.77. The van der Waals surface area contributed by atoms with Crippen LogP contribution in [0.3, 0.4) is 0 Å². The van der Waals surface area contributed by atoms with Gasteiger partial charge in [0.2, 0.25) is 47.6 Å². The molecular weight excluding hydrogens is 913 g/mol. The Morgan fingerprint density at radius 2 is 0.278 bits per heavy atom. The minimum Gasteiger partial charge on any atom is -0.178 e. The average molecular weight is 913 g/mol. The molecule has 0 unspecified atom stereocenters. The lowest BCUT2D eigenvalue weighted by molar-refractivity contribution is 0.816. The van der Waals surface area contributed by atoms with Gasteiger partial charge in [0.25, 0.3) is 52.0 Å². The van der Waals surface area contributed by atoms with Gasteiger partial charge in [-0.3, -0.25) is 0 Å². The molecule has 0 aromatic carbocycles. The van der Waals surface area contributed by atoms with Crippen LogP contribution in [0.1, 0.15) is 0 Å². The summed E-state index contributed by atoms with van der Waals surface area (Å²) in [5, 5.41) is 36.1. The molecule has 0 amide bonds. The van der Waals surface area contributed by atoms with E-state index in [1.807, 2.05) is 0 Å². The van der Waals surface area contributed by atoms with Gasteiger partial charge < -0.3 is 0 Å². The Bertz CT molecular complexity index is 2460. The lowest BCUT2D eigenvalue weighted by atomic mass is 10.9. The monoisotopic (exact) mass is 909 g/mol. The molecule has 0 aliphatic rings. The fraction of sp³-hybridized carbons (Fsp3) is 0. The van der Waals surface area contributed by atoms with Gasteiger partial charge in [-0.15, -0.1) is 45.9 Å². The SMILES string of the molecule is Clc1nc2n(n1)c1nc(Cl)nn1c1nc(Cl)nn21.Clc1nc2n(n1)c1nc(Cl)nn1c1nc(Cl)nn21.Clc1nc2n(n1)c1nc(Cl)nn1c1nc(Cl)nn21. The molecule has 0 spiro atoms. The Kier molecular flexibility index (Phi) is 7.39. The van der Waals surface area contributed by atoms with E-state index >= 15 is 0 Å². The van der Waals surface area contributed by atoms with Crippen molar-refractivity contribution < 1.29 is 0 Å². The van der Waals surface area contributed by atoms with E-state index in [1.54, 1.807) is 0 Å². The third kappa shape index (κ3) is 5.11. The Morgan fingerprint density at radius 3 is 0.370 bits per heavy atom. The van der Waals surface area contributed by atoms with Crippen LogP contribution in [0.5, 0.6) is 0 Å². The molecule has 0 aliphatic heterocycles. The van der Waals surface area contributed by atoms with Crippen molar-refractivity contribution in [2.24, 2.45) is 0 Å². The quantitative estimate of drug-likeness (QED) is 0.211. The summed E-state index contributed by atoms with van der Waals surface area (Å²) in [6.45, 7) is 0. The molecule has 0 N–H and O–H groups in total. The van der Waals surface area contributed by atoms with Gasteiger partial charge >= 0.3 is 0 Å². The zero-order valence-corrected chi connectivity index (χ0v) is 31.3. The predicted octanol–water partition coefficient (Wildman–Crippen LogP) is 2.32. The maximum Gasteiger partial charge on any atom is 0.261 e. The first kappa shape index (κ1) is 33.4. The Labute approximate surface area is 333 Å². The molecule has 12 heterocycles. The Hall–Kier alpha value is -5.13. The maximum atomic E-state index is 5.77. The van der Waals surface area contributed by atoms with Gasteiger partial charge in [-0.2, -0.15) is 85.5 Å². The van der Waals surface area contributed by atoms with Crippen LogP contribution in [0.4, 0.5) is 0 Å². The summed E-state index contributed by atoms with van der Waals surface area (Å²) in [6, 6.07) is 0. The molecule has 0 radical (unpaired) electrons. The summed E-state index contributed by atoms with van der Waals surface area (Å²) in [5.74, 6) is 2.80. The Morgan fingerprint density at radius 1 is 0.185 bits per heavy atom. The molecule has 12 rings (SSSR count). The molecule has 54 heavy (non-hydrogen) atoms. The van der Waals surface area contributed by atoms with Crippen LogP contribution in [0.25, 0.3) is 52.0 Å². The molecule has 0 saturated carbocycles. The smallest absolute Gasteiger partial charge is 0.178 e. The molecule has 27 nitrogen and oxygen atoms in total. The van der Waals surface area contributed by atoms with Crippen LogP contribution in [0, 0.1) is 0 Å². The summed E-state index contributed by atoms with van der Waals surface area (Å²) < 4.78 is 12.1. The van der Waals surface area contributed by atoms with E-state index < -0.39 is 0 Å². The molecule has 0 atom stereocenters. The molecular formula is C18Cl9N27. The number of fused-ring (bicyclic) bond motifs is 18. The van der Waals surface area contributed by atoms with Gasteiger partial charge in [0, 0.05) is 0 Å². The number of hydrogen-bond acceptors (Lipinski definition) is 18. The highest BCUT2D eigenvalue weighted by Crippen LogP contribution is 2.19. The van der Waals surface area contributed by atoms with E-state index in [0.717, 1.165) is 0 Å². The highest BCUT2D eigenvalue weighted by molar-refractivity contribution is 6.30. The van der Waals surface area contributed by atoms with E-state index in [2.05, 4.69) is 90.7 Å². The fourth-order valence-corrected chi connectivity index (χ4v) is 6.32. The van der Waals surface area contributed by atoms with Gasteiger partial charge in [-0.1, -0.05) is 0 Å². The molecule has 0 bridgehead atoms. The van der Waals surface area contributed by atoms with Crippen LogP contribution in [-0.2, 0) is 0 Å². The highest BCUT2D eigenvalue weighted by Gasteiger charge is 2.21. The molecule has 12 aromatic rings. The van der Waals surface area contributed by atoms with Gasteiger partial charge in [0.05, 0.1) is 0 Å². The van der Waals surface area contributed by atoms with Crippen molar-refractivity contribution in [1.82, 2.24) is 131 Å². The molecule has 36 heteroatoms. The molecule has 12 aromatic heterocycles. The minimum atomic E-state index is 0.0372. The van der Waals surface area contributed by atoms with Crippen LogP contribution in [0.15, 0.2) is 0 Å². The van der Waals surface area contributed by atoms with Gasteiger partial charge in [0.15, 0.2) is 0 Å². The van der Waals surface area contributed by atoms with Crippen LogP contribution < -0.4 is 0 Å². The standard InChI is InChI=1S/3C6Cl3N9/c3*7-1-10-4-16(13-1)5-11-2(8)15-18(5)6-12-3(9)14-17(4)6. The van der Waals surface area contributed by atoms with Crippen molar-refractivity contribution >= 4 is 156 Å². The van der Waals surface area contributed by atoms with E-state index in [0.29, 0.717) is 52.0 Å². The van der Waals surface area contributed by atoms with Crippen molar-refractivity contribution in [3.05, 3.63) is 47.6 Å². The molecule has 270 valence electrons. The lowest BCUT2D eigenvalue weighted by Crippen LogP contribution is -2.06. The number of aromatic nitrogens is 27. The van der Waals surface area contributed by atoms with E-state index in [1.165, 1.54) is 40.6 Å². The van der Waals surface area contributed by atoms with E-state index in [-0.39, 0.29) is 47.6 Å². The zero-order chi connectivity index (χ0) is 37.3. The number of rotatable bonds is 0. The van der Waals surface area contributed by atoms with Crippen molar-refractivity contribution in [1.29, 1.82) is 0 Å². The summed E-state index contributed by atoms with van der Waals surface area (Å²) in [5.41, 5.74) is 0. The number of nitrogens with zero attached hydrogens (tertiary/aromatic N) is 27. The summed E-state index contributed by atoms with van der Waals surface area (Å²) in [4.78, 5) is 36.1. The van der Waals surface area contributed by atoms with Crippen LogP contribution in [-0.4, -0.2) is 131 Å². The van der Waals surface area contributed by atoms with Gasteiger partial charge in [0.1, 0.15) is 0 Å². The minimum absolute atomic E-state index is 0.0372. The summed E-state index contributed by atoms with van der Waals surface area (Å²) in [6.07, 6.45) is 0. The number of halogens is 9. The Balaban J connectivity index is 0.000000100. The first-order valence-electron chi connectivity index (χ1n) is 13.6. The van der Waals surface area contributed by atoms with Crippen molar-refractivity contribution in [2.75, 3.05) is 0 Å². The summed E-state index contributed by atoms with van der Waals surface area (Å²) >= 11 is 51.9. The molecule has 0 saturated heterocycles. The zero-order valence-electron chi connectivity index (χ0n) is 24.5. The van der Waals surface area contributed by atoms with E-state index in [4.69, 9.17) is 104 Å².